The first-order valence-corrected chi connectivity index (χ1v) is 5.14. The van der Waals surface area contributed by atoms with Gasteiger partial charge in [-0.05, 0) is 41.0 Å². The Hall–Kier alpha value is -0.940. The van der Waals surface area contributed by atoms with E-state index in [1.807, 2.05) is 6.07 Å². The molecule has 14 heavy (non-hydrogen) atoms. The monoisotopic (exact) mass is 257 g/mol. The zero-order valence-electron chi connectivity index (χ0n) is 7.66. The molecule has 0 saturated carbocycles. The normalized spacial score (nSPS) is 9.86. The largest absolute Gasteiger partial charge is 0.330 e. The molecule has 0 aliphatic heterocycles. The molecule has 0 aromatic carbocycles. The second-order valence-electron chi connectivity index (χ2n) is 2.79. The van der Waals surface area contributed by atoms with Crippen LogP contribution in [0.4, 0.5) is 5.82 Å². The van der Waals surface area contributed by atoms with Gasteiger partial charge in [0.2, 0.25) is 5.91 Å². The summed E-state index contributed by atoms with van der Waals surface area (Å²) in [5.74, 6) is 0.502. The quantitative estimate of drug-likeness (QED) is 0.804. The number of amides is 1. The zero-order chi connectivity index (χ0) is 10.4. The summed E-state index contributed by atoms with van der Waals surface area (Å²) in [6.45, 7) is 0.527. The van der Waals surface area contributed by atoms with Crippen LogP contribution in [-0.2, 0) is 4.79 Å². The van der Waals surface area contributed by atoms with Crippen molar-refractivity contribution in [2.45, 2.75) is 12.8 Å². The maximum Gasteiger partial charge on any atom is 0.225 e. The van der Waals surface area contributed by atoms with Crippen LogP contribution in [0.15, 0.2) is 22.8 Å². The first-order valence-electron chi connectivity index (χ1n) is 4.35. The van der Waals surface area contributed by atoms with Crippen molar-refractivity contribution in [1.82, 2.24) is 4.98 Å². The second-order valence-corrected chi connectivity index (χ2v) is 3.60. The molecule has 76 valence electrons. The van der Waals surface area contributed by atoms with Crippen LogP contribution in [0.2, 0.25) is 0 Å². The standard InChI is InChI=1S/C9H12BrN3O/c10-7-3-1-4-8(12-7)13-9(14)5-2-6-11/h1,3-4H,2,5-6,11H2,(H,12,13,14). The summed E-state index contributed by atoms with van der Waals surface area (Å²) in [5, 5.41) is 2.68. The Morgan fingerprint density at radius 3 is 3.00 bits per heavy atom. The Labute approximate surface area is 91.0 Å². The summed E-state index contributed by atoms with van der Waals surface area (Å²) >= 11 is 3.22. The summed E-state index contributed by atoms with van der Waals surface area (Å²) in [6, 6.07) is 5.36. The van der Waals surface area contributed by atoms with Gasteiger partial charge in [0.1, 0.15) is 10.4 Å². The topological polar surface area (TPSA) is 68.0 Å². The summed E-state index contributed by atoms with van der Waals surface area (Å²) in [4.78, 5) is 15.3. The lowest BCUT2D eigenvalue weighted by Crippen LogP contribution is -2.14. The molecular formula is C9H12BrN3O. The lowest BCUT2D eigenvalue weighted by Gasteiger charge is -2.03. The Kier molecular flexibility index (Phi) is 4.55. The summed E-state index contributed by atoms with van der Waals surface area (Å²) in [5.41, 5.74) is 5.29. The molecule has 0 unspecified atom stereocenters. The van der Waals surface area contributed by atoms with Crippen LogP contribution >= 0.6 is 15.9 Å². The highest BCUT2D eigenvalue weighted by Crippen LogP contribution is 2.10. The number of hydrogen-bond donors (Lipinski definition) is 2. The first-order chi connectivity index (χ1) is 6.72. The number of nitrogens with one attached hydrogen (secondary N) is 1. The number of carbonyl (C=O) groups is 1. The van der Waals surface area contributed by atoms with Crippen LogP contribution in [0.3, 0.4) is 0 Å². The number of carbonyl (C=O) groups excluding carboxylic acids is 1. The van der Waals surface area contributed by atoms with E-state index in [9.17, 15) is 4.79 Å². The van der Waals surface area contributed by atoms with E-state index in [1.165, 1.54) is 0 Å². The third kappa shape index (κ3) is 3.85. The van der Waals surface area contributed by atoms with Crippen LogP contribution in [0.1, 0.15) is 12.8 Å². The Morgan fingerprint density at radius 2 is 2.36 bits per heavy atom. The van der Waals surface area contributed by atoms with E-state index in [0.717, 1.165) is 0 Å². The Morgan fingerprint density at radius 1 is 1.57 bits per heavy atom. The molecule has 1 heterocycles. The third-order valence-electron chi connectivity index (χ3n) is 1.59. The molecule has 1 aromatic heterocycles. The SMILES string of the molecule is NCCCC(=O)Nc1cccc(Br)n1. The summed E-state index contributed by atoms with van der Waals surface area (Å²) < 4.78 is 0.703. The zero-order valence-corrected chi connectivity index (χ0v) is 9.25. The number of nitrogens with zero attached hydrogens (tertiary/aromatic N) is 1. The van der Waals surface area contributed by atoms with Gasteiger partial charge in [0.05, 0.1) is 0 Å². The van der Waals surface area contributed by atoms with Gasteiger partial charge in [0, 0.05) is 6.42 Å². The minimum atomic E-state index is -0.0546. The minimum absolute atomic E-state index is 0.0546. The smallest absolute Gasteiger partial charge is 0.225 e. The molecule has 1 rings (SSSR count). The lowest BCUT2D eigenvalue weighted by molar-refractivity contribution is -0.116. The molecule has 0 aliphatic rings. The number of anilines is 1. The van der Waals surface area contributed by atoms with E-state index in [2.05, 4.69) is 26.2 Å². The number of halogens is 1. The van der Waals surface area contributed by atoms with Crippen molar-refractivity contribution in [3.8, 4) is 0 Å². The predicted octanol–water partition coefficient (Wildman–Crippen LogP) is 1.52. The maximum absolute atomic E-state index is 11.3. The van der Waals surface area contributed by atoms with Crippen molar-refractivity contribution < 1.29 is 4.79 Å². The average Bonchev–Trinajstić information content (AvgIpc) is 2.15. The van der Waals surface area contributed by atoms with Crippen molar-refractivity contribution in [2.75, 3.05) is 11.9 Å². The minimum Gasteiger partial charge on any atom is -0.330 e. The number of nitrogens with two attached hydrogens (primary N) is 1. The van der Waals surface area contributed by atoms with Crippen molar-refractivity contribution >= 4 is 27.7 Å². The maximum atomic E-state index is 11.3. The van der Waals surface area contributed by atoms with Gasteiger partial charge >= 0.3 is 0 Å². The van der Waals surface area contributed by atoms with Crippen LogP contribution in [-0.4, -0.2) is 17.4 Å². The molecule has 0 spiro atoms. The van der Waals surface area contributed by atoms with Crippen LogP contribution in [0, 0.1) is 0 Å². The number of aromatic nitrogens is 1. The highest BCUT2D eigenvalue weighted by atomic mass is 79.9. The van der Waals surface area contributed by atoms with E-state index in [0.29, 0.717) is 29.8 Å². The second kappa shape index (κ2) is 5.72. The van der Waals surface area contributed by atoms with Crippen molar-refractivity contribution in [3.63, 3.8) is 0 Å². The van der Waals surface area contributed by atoms with Gasteiger partial charge in [-0.15, -0.1) is 0 Å². The summed E-state index contributed by atoms with van der Waals surface area (Å²) in [7, 11) is 0. The van der Waals surface area contributed by atoms with Gasteiger partial charge < -0.3 is 11.1 Å². The molecule has 1 amide bonds. The van der Waals surface area contributed by atoms with Gasteiger partial charge in [-0.1, -0.05) is 6.07 Å². The predicted molar refractivity (Wildman–Crippen MR) is 58.9 cm³/mol. The number of rotatable bonds is 4. The van der Waals surface area contributed by atoms with Gasteiger partial charge in [-0.25, -0.2) is 4.98 Å². The molecule has 0 radical (unpaired) electrons. The van der Waals surface area contributed by atoms with E-state index >= 15 is 0 Å². The highest BCUT2D eigenvalue weighted by Gasteiger charge is 2.02. The molecule has 0 bridgehead atoms. The average molecular weight is 258 g/mol. The number of hydrogen-bond acceptors (Lipinski definition) is 3. The third-order valence-corrected chi connectivity index (χ3v) is 2.03. The molecule has 0 saturated heterocycles. The van der Waals surface area contributed by atoms with Gasteiger partial charge in [0.15, 0.2) is 0 Å². The molecule has 0 aliphatic carbocycles. The van der Waals surface area contributed by atoms with E-state index in [1.54, 1.807) is 12.1 Å². The fourth-order valence-electron chi connectivity index (χ4n) is 0.946. The fourth-order valence-corrected chi connectivity index (χ4v) is 1.29. The van der Waals surface area contributed by atoms with E-state index < -0.39 is 0 Å². The van der Waals surface area contributed by atoms with Crippen molar-refractivity contribution in [1.29, 1.82) is 0 Å². The van der Waals surface area contributed by atoms with E-state index in [-0.39, 0.29) is 5.91 Å². The molecule has 0 atom stereocenters. The van der Waals surface area contributed by atoms with Gasteiger partial charge in [-0.2, -0.15) is 0 Å². The fraction of sp³-hybridized carbons (Fsp3) is 0.333. The molecule has 3 N–H and O–H groups in total. The van der Waals surface area contributed by atoms with Crippen molar-refractivity contribution in [2.24, 2.45) is 5.73 Å². The Balaban J connectivity index is 2.47. The van der Waals surface area contributed by atoms with E-state index in [4.69, 9.17) is 5.73 Å². The molecular weight excluding hydrogens is 246 g/mol. The van der Waals surface area contributed by atoms with Crippen molar-refractivity contribution in [3.05, 3.63) is 22.8 Å². The molecule has 1 aromatic rings. The van der Waals surface area contributed by atoms with Crippen LogP contribution < -0.4 is 11.1 Å². The molecule has 5 heteroatoms. The lowest BCUT2D eigenvalue weighted by atomic mass is 10.3. The van der Waals surface area contributed by atoms with Crippen LogP contribution in [0.25, 0.3) is 0 Å². The number of pyridine rings is 1. The van der Waals surface area contributed by atoms with Gasteiger partial charge in [-0.3, -0.25) is 4.79 Å². The highest BCUT2D eigenvalue weighted by molar-refractivity contribution is 9.10. The Bertz CT molecular complexity index is 317. The molecule has 0 fully saturated rings. The summed E-state index contributed by atoms with van der Waals surface area (Å²) in [6.07, 6.45) is 1.13. The first kappa shape index (κ1) is 11.1. The van der Waals surface area contributed by atoms with Gasteiger partial charge in [0.25, 0.3) is 0 Å². The van der Waals surface area contributed by atoms with Crippen LogP contribution in [0.5, 0.6) is 0 Å². The molecule has 4 nitrogen and oxygen atoms in total.